The summed E-state index contributed by atoms with van der Waals surface area (Å²) in [6.45, 7) is 1.47. The highest BCUT2D eigenvalue weighted by atomic mass is 35.5. The molecular weight excluding hydrogens is 279 g/mol. The predicted octanol–water partition coefficient (Wildman–Crippen LogP) is 4.02. The highest BCUT2D eigenvalue weighted by Gasteiger charge is 2.32. The molecule has 0 unspecified atom stereocenters. The van der Waals surface area contributed by atoms with Crippen molar-refractivity contribution >= 4 is 11.6 Å². The van der Waals surface area contributed by atoms with Gasteiger partial charge in [-0.2, -0.15) is 13.2 Å². The molecular formula is C13H9ClF3NO. The third kappa shape index (κ3) is 2.81. The Hall–Kier alpha value is -1.75. The van der Waals surface area contributed by atoms with Gasteiger partial charge in [-0.25, -0.2) is 0 Å². The van der Waals surface area contributed by atoms with Crippen molar-refractivity contribution in [2.75, 3.05) is 0 Å². The zero-order chi connectivity index (χ0) is 14.2. The first kappa shape index (κ1) is 13.7. The van der Waals surface area contributed by atoms with Gasteiger partial charge in [0.2, 0.25) is 0 Å². The Morgan fingerprint density at radius 1 is 1.16 bits per heavy atom. The minimum atomic E-state index is -4.57. The van der Waals surface area contributed by atoms with Crippen LogP contribution in [0, 0.1) is 6.92 Å². The molecule has 0 bridgehead atoms. The summed E-state index contributed by atoms with van der Waals surface area (Å²) in [7, 11) is 0. The lowest BCUT2D eigenvalue weighted by molar-refractivity contribution is -0.141. The van der Waals surface area contributed by atoms with Crippen molar-refractivity contribution in [1.82, 2.24) is 4.98 Å². The number of rotatable bonds is 1. The molecule has 0 radical (unpaired) electrons. The largest absolute Gasteiger partial charge is 0.431 e. The summed E-state index contributed by atoms with van der Waals surface area (Å²) in [5.41, 5.74) is -0.817. The van der Waals surface area contributed by atoms with E-state index in [0.29, 0.717) is 10.6 Å². The van der Waals surface area contributed by atoms with Crippen molar-refractivity contribution in [3.8, 4) is 11.1 Å². The van der Waals surface area contributed by atoms with Gasteiger partial charge in [-0.1, -0.05) is 23.7 Å². The number of aromatic nitrogens is 1. The summed E-state index contributed by atoms with van der Waals surface area (Å²) in [6, 6.07) is 7.26. The van der Waals surface area contributed by atoms with Crippen molar-refractivity contribution in [2.45, 2.75) is 13.1 Å². The number of aromatic amines is 1. The number of aryl methyl sites for hydroxylation is 1. The molecule has 1 N–H and O–H groups in total. The smallest absolute Gasteiger partial charge is 0.318 e. The normalized spacial score (nSPS) is 11.6. The maximum atomic E-state index is 12.5. The van der Waals surface area contributed by atoms with Crippen LogP contribution in [0.25, 0.3) is 11.1 Å². The molecule has 0 aliphatic carbocycles. The Bertz CT molecular complexity index is 659. The molecule has 2 rings (SSSR count). The van der Waals surface area contributed by atoms with Crippen LogP contribution >= 0.6 is 11.6 Å². The number of benzene rings is 1. The van der Waals surface area contributed by atoms with Crippen LogP contribution in [0.3, 0.4) is 0 Å². The van der Waals surface area contributed by atoms with Gasteiger partial charge in [0.1, 0.15) is 5.69 Å². The molecule has 0 aliphatic heterocycles. The quantitative estimate of drug-likeness (QED) is 0.844. The highest BCUT2D eigenvalue weighted by molar-refractivity contribution is 6.30. The van der Waals surface area contributed by atoms with Crippen molar-refractivity contribution < 1.29 is 13.2 Å². The van der Waals surface area contributed by atoms with Gasteiger partial charge < -0.3 is 4.98 Å². The molecule has 1 heterocycles. The van der Waals surface area contributed by atoms with Gasteiger partial charge in [0.05, 0.1) is 0 Å². The van der Waals surface area contributed by atoms with E-state index in [2.05, 4.69) is 0 Å². The number of nitrogens with one attached hydrogen (secondary N) is 1. The highest BCUT2D eigenvalue weighted by Crippen LogP contribution is 2.29. The third-order valence-corrected chi connectivity index (χ3v) is 2.92. The molecule has 1 aromatic carbocycles. The van der Waals surface area contributed by atoms with Gasteiger partial charge >= 0.3 is 6.18 Å². The van der Waals surface area contributed by atoms with Gasteiger partial charge in [-0.15, -0.1) is 0 Å². The van der Waals surface area contributed by atoms with Crippen molar-refractivity contribution in [2.24, 2.45) is 0 Å². The van der Waals surface area contributed by atoms with Gasteiger partial charge in [0.15, 0.2) is 0 Å². The third-order valence-electron chi connectivity index (χ3n) is 2.67. The molecule has 100 valence electrons. The molecule has 19 heavy (non-hydrogen) atoms. The van der Waals surface area contributed by atoms with E-state index < -0.39 is 17.4 Å². The molecule has 0 saturated heterocycles. The number of alkyl halides is 3. The number of H-pyrrole nitrogens is 1. The van der Waals surface area contributed by atoms with Crippen LogP contribution in [0.2, 0.25) is 5.02 Å². The molecule has 0 atom stereocenters. The maximum absolute atomic E-state index is 12.5. The second kappa shape index (κ2) is 4.74. The first-order chi connectivity index (χ1) is 8.79. The summed E-state index contributed by atoms with van der Waals surface area (Å²) in [4.78, 5) is 13.7. The first-order valence-electron chi connectivity index (χ1n) is 5.36. The first-order valence-corrected chi connectivity index (χ1v) is 5.74. The molecule has 0 aliphatic rings. The molecule has 0 fully saturated rings. The number of hydrogen-bond acceptors (Lipinski definition) is 1. The summed E-state index contributed by atoms with van der Waals surface area (Å²) in [5, 5.41) is 0.491. The molecule has 0 saturated carbocycles. The van der Waals surface area contributed by atoms with E-state index in [0.717, 1.165) is 6.07 Å². The fourth-order valence-corrected chi connectivity index (χ4v) is 1.94. The van der Waals surface area contributed by atoms with Crippen LogP contribution in [-0.4, -0.2) is 4.98 Å². The van der Waals surface area contributed by atoms with Crippen LogP contribution in [0.5, 0.6) is 0 Å². The monoisotopic (exact) mass is 287 g/mol. The second-order valence-corrected chi connectivity index (χ2v) is 4.51. The summed E-state index contributed by atoms with van der Waals surface area (Å²) in [5.74, 6) is 0. The zero-order valence-corrected chi connectivity index (χ0v) is 10.6. The lowest BCUT2D eigenvalue weighted by atomic mass is 10.0. The molecule has 2 nitrogen and oxygen atoms in total. The average Bonchev–Trinajstić information content (AvgIpc) is 2.29. The Morgan fingerprint density at radius 2 is 1.74 bits per heavy atom. The fraction of sp³-hybridized carbons (Fsp3) is 0.154. The lowest BCUT2D eigenvalue weighted by Gasteiger charge is -2.10. The topological polar surface area (TPSA) is 32.9 Å². The van der Waals surface area contributed by atoms with E-state index in [-0.39, 0.29) is 11.1 Å². The van der Waals surface area contributed by atoms with Crippen molar-refractivity contribution in [3.05, 3.63) is 57.0 Å². The van der Waals surface area contributed by atoms with Gasteiger partial charge in [0.25, 0.3) is 5.56 Å². The Kier molecular flexibility index (Phi) is 3.41. The fourth-order valence-electron chi connectivity index (χ4n) is 1.82. The Morgan fingerprint density at radius 3 is 2.21 bits per heavy atom. The van der Waals surface area contributed by atoms with E-state index >= 15 is 0 Å². The van der Waals surface area contributed by atoms with E-state index in [4.69, 9.17) is 11.6 Å². The van der Waals surface area contributed by atoms with Crippen LogP contribution in [-0.2, 0) is 6.18 Å². The van der Waals surface area contributed by atoms with Gasteiger partial charge in [-0.3, -0.25) is 4.79 Å². The van der Waals surface area contributed by atoms with Crippen LogP contribution < -0.4 is 5.56 Å². The minimum absolute atomic E-state index is 0.213. The van der Waals surface area contributed by atoms with E-state index in [1.807, 2.05) is 4.98 Å². The van der Waals surface area contributed by atoms with E-state index in [9.17, 15) is 18.0 Å². The van der Waals surface area contributed by atoms with Crippen LogP contribution in [0.4, 0.5) is 13.2 Å². The molecule has 6 heteroatoms. The molecule has 0 amide bonds. The van der Waals surface area contributed by atoms with Crippen molar-refractivity contribution in [3.63, 3.8) is 0 Å². The average molecular weight is 288 g/mol. The van der Waals surface area contributed by atoms with E-state index in [1.165, 1.54) is 6.92 Å². The predicted molar refractivity (Wildman–Crippen MR) is 67.2 cm³/mol. The van der Waals surface area contributed by atoms with E-state index in [1.54, 1.807) is 24.3 Å². The maximum Gasteiger partial charge on any atom is 0.431 e. The number of pyridine rings is 1. The Labute approximate surface area is 111 Å². The summed E-state index contributed by atoms with van der Waals surface area (Å²) < 4.78 is 37.6. The molecule has 0 spiro atoms. The lowest BCUT2D eigenvalue weighted by Crippen LogP contribution is -2.19. The minimum Gasteiger partial charge on any atom is -0.318 e. The summed E-state index contributed by atoms with van der Waals surface area (Å²) >= 11 is 5.73. The van der Waals surface area contributed by atoms with Crippen LogP contribution in [0.15, 0.2) is 35.1 Å². The van der Waals surface area contributed by atoms with Crippen LogP contribution in [0.1, 0.15) is 11.3 Å². The van der Waals surface area contributed by atoms with Crippen molar-refractivity contribution in [1.29, 1.82) is 0 Å². The molecule has 1 aromatic heterocycles. The van der Waals surface area contributed by atoms with Gasteiger partial charge in [0, 0.05) is 10.6 Å². The number of hydrogen-bond donors (Lipinski definition) is 1. The zero-order valence-electron chi connectivity index (χ0n) is 9.81. The van der Waals surface area contributed by atoms with Gasteiger partial charge in [-0.05, 0) is 36.2 Å². The summed E-state index contributed by atoms with van der Waals surface area (Å²) in [6.07, 6.45) is -4.57. The molecule has 2 aromatic rings. The Balaban J connectivity index is 2.60. The second-order valence-electron chi connectivity index (χ2n) is 4.07. The number of halogens is 4. The standard InChI is InChI=1S/C13H9ClF3NO/c1-7-6-10(13(15,16)17)18-12(19)11(7)8-2-4-9(14)5-3-8/h2-6H,1H3,(H,18,19). The SMILES string of the molecule is Cc1cc(C(F)(F)F)[nH]c(=O)c1-c1ccc(Cl)cc1.